The van der Waals surface area contributed by atoms with Gasteiger partial charge in [-0.05, 0) is 51.2 Å². The van der Waals surface area contributed by atoms with Gasteiger partial charge in [-0.2, -0.15) is 13.2 Å². The van der Waals surface area contributed by atoms with Gasteiger partial charge in [-0.25, -0.2) is 9.18 Å². The van der Waals surface area contributed by atoms with Crippen molar-refractivity contribution >= 4 is 39.6 Å². The lowest BCUT2D eigenvalue weighted by molar-refractivity contribution is -0.171. The maximum Gasteiger partial charge on any atom is 0.471 e. The van der Waals surface area contributed by atoms with Crippen molar-refractivity contribution in [2.45, 2.75) is 84.7 Å². The van der Waals surface area contributed by atoms with E-state index in [2.05, 4.69) is 21.2 Å². The molecule has 0 heterocycles. The van der Waals surface area contributed by atoms with Crippen molar-refractivity contribution in [2.24, 2.45) is 5.92 Å². The van der Waals surface area contributed by atoms with Crippen molar-refractivity contribution < 1.29 is 46.5 Å². The van der Waals surface area contributed by atoms with Gasteiger partial charge >= 0.3 is 24.1 Å². The highest BCUT2D eigenvalue weighted by molar-refractivity contribution is 9.10. The van der Waals surface area contributed by atoms with Crippen molar-refractivity contribution in [3.05, 3.63) is 57.8 Å². The fourth-order valence-corrected chi connectivity index (χ4v) is 4.71. The van der Waals surface area contributed by atoms with Crippen molar-refractivity contribution in [1.29, 1.82) is 0 Å². The molecule has 238 valence electrons. The van der Waals surface area contributed by atoms with Gasteiger partial charge in [0, 0.05) is 16.1 Å². The monoisotopic (exact) mass is 676 g/mol. The number of alkyl carbamates (subject to hydrolysis) is 1. The summed E-state index contributed by atoms with van der Waals surface area (Å²) in [5.74, 6) is -5.81. The predicted octanol–water partition coefficient (Wildman–Crippen LogP) is 7.41. The molecule has 0 spiro atoms. The zero-order valence-corrected chi connectivity index (χ0v) is 26.3. The van der Waals surface area contributed by atoms with Gasteiger partial charge < -0.3 is 19.9 Å². The number of carboxylic acid groups (broad SMARTS) is 1. The molecule has 0 unspecified atom stereocenters. The van der Waals surface area contributed by atoms with E-state index in [1.54, 1.807) is 51.1 Å². The topological polar surface area (TPSA) is 105 Å². The Bertz CT molecular complexity index is 1270. The second-order valence-electron chi connectivity index (χ2n) is 11.4. The number of ether oxygens (including phenoxy) is 2. The Morgan fingerprint density at radius 3 is 2.23 bits per heavy atom. The van der Waals surface area contributed by atoms with Crippen LogP contribution in [0.25, 0.3) is 0 Å². The number of anilines is 1. The average molecular weight is 678 g/mol. The van der Waals surface area contributed by atoms with Crippen LogP contribution >= 0.6 is 15.9 Å². The van der Waals surface area contributed by atoms with E-state index in [0.717, 1.165) is 6.42 Å². The lowest BCUT2D eigenvalue weighted by atomic mass is 9.97. The number of alkyl halides is 3. The molecule has 0 aliphatic heterocycles. The van der Waals surface area contributed by atoms with Crippen LogP contribution in [0.5, 0.6) is 5.75 Å². The highest BCUT2D eigenvalue weighted by Gasteiger charge is 2.45. The first kappa shape index (κ1) is 35.8. The van der Waals surface area contributed by atoms with E-state index >= 15 is 4.39 Å². The zero-order chi connectivity index (χ0) is 32.5. The average Bonchev–Trinajstić information content (AvgIpc) is 2.86. The van der Waals surface area contributed by atoms with Gasteiger partial charge in [0.05, 0.1) is 0 Å². The zero-order valence-electron chi connectivity index (χ0n) is 24.7. The van der Waals surface area contributed by atoms with E-state index in [0.29, 0.717) is 24.3 Å². The number of carbonyl (C=O) groups is 3. The molecular formula is C30H37BrF4N2O6. The molecule has 1 atom stereocenters. The molecule has 0 radical (unpaired) electrons. The van der Waals surface area contributed by atoms with Gasteiger partial charge in [0.1, 0.15) is 30.2 Å². The standard InChI is InChI=1S/C30H37BrF4N2O6/c1-18(2)10-9-13-20(36-28(41)43-29(3,4)5)14-21-22(31)15-23(42-17-19-11-7-6-8-12-19)26(25(21)32)37(16-24(38)39)27(40)30(33,34)35/h6-8,11-12,15,18,20H,9-10,13-14,16-17H2,1-5H3,(H,36,41)(H,38,39)/t20-/m0/s1. The summed E-state index contributed by atoms with van der Waals surface area (Å²) >= 11 is 3.26. The Kier molecular flexibility index (Phi) is 12.8. The summed E-state index contributed by atoms with van der Waals surface area (Å²) in [5, 5.41) is 12.1. The van der Waals surface area contributed by atoms with Gasteiger partial charge in [0.25, 0.3) is 0 Å². The second kappa shape index (κ2) is 15.4. The number of carboxylic acids is 1. The van der Waals surface area contributed by atoms with Crippen LogP contribution < -0.4 is 15.0 Å². The maximum absolute atomic E-state index is 16.4. The number of hydrogen-bond acceptors (Lipinski definition) is 5. The van der Waals surface area contributed by atoms with Gasteiger partial charge in [-0.1, -0.05) is 73.0 Å². The molecule has 0 saturated carbocycles. The van der Waals surface area contributed by atoms with Crippen LogP contribution in [0.2, 0.25) is 0 Å². The molecule has 0 bridgehead atoms. The molecule has 2 N–H and O–H groups in total. The normalized spacial score (nSPS) is 12.5. The molecule has 2 aromatic rings. The Balaban J connectivity index is 2.63. The number of amides is 2. The smallest absolute Gasteiger partial charge is 0.471 e. The summed E-state index contributed by atoms with van der Waals surface area (Å²) in [4.78, 5) is 36.4. The Labute approximate surface area is 256 Å². The first-order valence-corrected chi connectivity index (χ1v) is 14.5. The predicted molar refractivity (Wildman–Crippen MR) is 156 cm³/mol. The Morgan fingerprint density at radius 2 is 1.70 bits per heavy atom. The summed E-state index contributed by atoms with van der Waals surface area (Å²) in [6.07, 6.45) is -4.67. The minimum atomic E-state index is -5.51. The number of aliphatic carboxylic acids is 1. The maximum atomic E-state index is 16.4. The molecule has 43 heavy (non-hydrogen) atoms. The number of carbonyl (C=O) groups excluding carboxylic acids is 2. The Hall–Kier alpha value is -3.35. The number of halogens is 5. The minimum Gasteiger partial charge on any atom is -0.487 e. The third-order valence-corrected chi connectivity index (χ3v) is 6.75. The van der Waals surface area contributed by atoms with E-state index in [4.69, 9.17) is 9.47 Å². The SMILES string of the molecule is CC(C)CCC[C@@H](Cc1c(Br)cc(OCc2ccccc2)c(N(CC(=O)O)C(=O)C(F)(F)F)c1F)NC(=O)OC(C)(C)C. The highest BCUT2D eigenvalue weighted by Crippen LogP contribution is 2.41. The first-order chi connectivity index (χ1) is 19.9. The lowest BCUT2D eigenvalue weighted by Crippen LogP contribution is -2.45. The van der Waals surface area contributed by atoms with Crippen LogP contribution in [0.4, 0.5) is 28.0 Å². The molecular weight excluding hydrogens is 640 g/mol. The van der Waals surface area contributed by atoms with Crippen LogP contribution in [-0.4, -0.2) is 47.4 Å². The number of nitrogens with zero attached hydrogens (tertiary/aromatic N) is 1. The number of hydrogen-bond donors (Lipinski definition) is 2. The van der Waals surface area contributed by atoms with Crippen LogP contribution in [0.3, 0.4) is 0 Å². The van der Waals surface area contributed by atoms with Gasteiger partial charge in [-0.15, -0.1) is 0 Å². The highest BCUT2D eigenvalue weighted by atomic mass is 79.9. The third-order valence-electron chi connectivity index (χ3n) is 6.05. The van der Waals surface area contributed by atoms with Gasteiger partial charge in [-0.3, -0.25) is 14.5 Å². The summed E-state index contributed by atoms with van der Waals surface area (Å²) in [6.45, 7) is 7.36. The summed E-state index contributed by atoms with van der Waals surface area (Å²) < 4.78 is 68.3. The molecule has 0 fully saturated rings. The van der Waals surface area contributed by atoms with Gasteiger partial charge in [0.15, 0.2) is 5.82 Å². The van der Waals surface area contributed by atoms with Crippen LogP contribution in [0, 0.1) is 11.7 Å². The van der Waals surface area contributed by atoms with Crippen molar-refractivity contribution in [1.82, 2.24) is 5.32 Å². The van der Waals surface area contributed by atoms with Gasteiger partial charge in [0.2, 0.25) is 0 Å². The first-order valence-electron chi connectivity index (χ1n) is 13.7. The van der Waals surface area contributed by atoms with E-state index in [-0.39, 0.29) is 28.0 Å². The van der Waals surface area contributed by atoms with Crippen LogP contribution in [0.1, 0.15) is 65.0 Å². The quantitative estimate of drug-likeness (QED) is 0.214. The molecule has 2 amide bonds. The molecule has 8 nitrogen and oxygen atoms in total. The number of benzene rings is 2. The molecule has 13 heteroatoms. The minimum absolute atomic E-state index is 0.0893. The molecule has 2 aromatic carbocycles. The third kappa shape index (κ3) is 11.7. The van der Waals surface area contributed by atoms with Crippen molar-refractivity contribution in [2.75, 3.05) is 11.4 Å². The van der Waals surface area contributed by atoms with E-state index in [1.807, 2.05) is 13.8 Å². The van der Waals surface area contributed by atoms with E-state index in [9.17, 15) is 32.7 Å². The molecule has 2 rings (SSSR count). The molecule has 0 aliphatic rings. The summed E-state index contributed by atoms with van der Waals surface area (Å²) in [5.41, 5.74) is -1.39. The van der Waals surface area contributed by atoms with E-state index in [1.165, 1.54) is 6.07 Å². The van der Waals surface area contributed by atoms with Crippen molar-refractivity contribution in [3.8, 4) is 5.75 Å². The fourth-order valence-electron chi connectivity index (χ4n) is 4.17. The summed E-state index contributed by atoms with van der Waals surface area (Å²) in [7, 11) is 0. The molecule has 0 aliphatic carbocycles. The molecule has 0 saturated heterocycles. The fraction of sp³-hybridized carbons (Fsp3) is 0.500. The lowest BCUT2D eigenvalue weighted by Gasteiger charge is -2.28. The van der Waals surface area contributed by atoms with E-state index < -0.39 is 59.6 Å². The summed E-state index contributed by atoms with van der Waals surface area (Å²) in [6, 6.07) is 8.93. The number of nitrogens with one attached hydrogen (secondary N) is 1. The largest absolute Gasteiger partial charge is 0.487 e. The van der Waals surface area contributed by atoms with Crippen LogP contribution in [-0.2, 0) is 27.4 Å². The van der Waals surface area contributed by atoms with Crippen molar-refractivity contribution in [3.63, 3.8) is 0 Å². The molecule has 0 aromatic heterocycles. The van der Waals surface area contributed by atoms with Crippen LogP contribution in [0.15, 0.2) is 40.9 Å². The Morgan fingerprint density at radius 1 is 1.07 bits per heavy atom. The number of rotatable bonds is 13. The second-order valence-corrected chi connectivity index (χ2v) is 12.3.